The standard InChI is InChI=1S/C19H24N2O3S2/c1-4-13-7-5-6-10-20(13)12-17-18(22)21(19(25)26-17)15-11-14(23-2)8-9-16(15)24-3/h8-9,11-13H,4-7,10H2,1-3H3/b17-12+/t13-/m0/s1. The van der Waals surface area contributed by atoms with Gasteiger partial charge in [0.25, 0.3) is 5.91 Å². The lowest BCUT2D eigenvalue weighted by Gasteiger charge is -2.34. The van der Waals surface area contributed by atoms with Crippen molar-refractivity contribution in [2.45, 2.75) is 38.6 Å². The lowest BCUT2D eigenvalue weighted by Crippen LogP contribution is -2.35. The minimum atomic E-state index is -0.105. The Morgan fingerprint density at radius 1 is 1.31 bits per heavy atom. The van der Waals surface area contributed by atoms with Gasteiger partial charge in [0.05, 0.1) is 24.8 Å². The third-order valence-electron chi connectivity index (χ3n) is 4.85. The number of ether oxygens (including phenoxy) is 2. The van der Waals surface area contributed by atoms with Crippen molar-refractivity contribution in [3.05, 3.63) is 29.3 Å². The van der Waals surface area contributed by atoms with Crippen LogP contribution in [0.1, 0.15) is 32.6 Å². The minimum Gasteiger partial charge on any atom is -0.497 e. The maximum Gasteiger partial charge on any atom is 0.272 e. The summed E-state index contributed by atoms with van der Waals surface area (Å²) in [7, 11) is 3.18. The number of rotatable bonds is 5. The van der Waals surface area contributed by atoms with Gasteiger partial charge in [-0.25, -0.2) is 0 Å². The highest BCUT2D eigenvalue weighted by Crippen LogP contribution is 2.41. The van der Waals surface area contributed by atoms with Gasteiger partial charge in [-0.3, -0.25) is 9.69 Å². The van der Waals surface area contributed by atoms with Crippen LogP contribution in [0.15, 0.2) is 29.3 Å². The number of thiocarbonyl (C=S) groups is 1. The number of thioether (sulfide) groups is 1. The third kappa shape index (κ3) is 3.69. The average molecular weight is 393 g/mol. The molecule has 1 atom stereocenters. The average Bonchev–Trinajstić information content (AvgIpc) is 2.94. The summed E-state index contributed by atoms with van der Waals surface area (Å²) >= 11 is 6.85. The highest BCUT2D eigenvalue weighted by molar-refractivity contribution is 8.27. The molecule has 2 heterocycles. The fraction of sp³-hybridized carbons (Fsp3) is 0.474. The molecule has 0 saturated carbocycles. The molecule has 0 bridgehead atoms. The summed E-state index contributed by atoms with van der Waals surface area (Å²) in [6.45, 7) is 3.19. The molecule has 0 N–H and O–H groups in total. The van der Waals surface area contributed by atoms with Crippen LogP contribution in [-0.4, -0.2) is 41.9 Å². The van der Waals surface area contributed by atoms with Gasteiger partial charge in [-0.1, -0.05) is 30.9 Å². The molecule has 7 heteroatoms. The topological polar surface area (TPSA) is 42.0 Å². The molecule has 2 aliphatic rings. The molecular weight excluding hydrogens is 368 g/mol. The quantitative estimate of drug-likeness (QED) is 0.553. The predicted molar refractivity (Wildman–Crippen MR) is 110 cm³/mol. The Bertz CT molecular complexity index is 735. The number of piperidine rings is 1. The number of benzene rings is 1. The highest BCUT2D eigenvalue weighted by Gasteiger charge is 2.36. The van der Waals surface area contributed by atoms with Crippen LogP contribution >= 0.6 is 24.0 Å². The van der Waals surface area contributed by atoms with Crippen molar-refractivity contribution in [3.8, 4) is 11.5 Å². The molecule has 0 spiro atoms. The first-order valence-electron chi connectivity index (χ1n) is 8.84. The number of likely N-dealkylation sites (tertiary alicyclic amines) is 1. The Hall–Kier alpha value is -1.73. The Kier molecular flexibility index (Phi) is 6.09. The Morgan fingerprint density at radius 3 is 2.81 bits per heavy atom. The molecule has 1 aromatic carbocycles. The number of methoxy groups -OCH3 is 2. The van der Waals surface area contributed by atoms with Crippen LogP contribution in [0.5, 0.6) is 11.5 Å². The fourth-order valence-electron chi connectivity index (χ4n) is 3.42. The van der Waals surface area contributed by atoms with Gasteiger partial charge in [0.15, 0.2) is 4.32 Å². The van der Waals surface area contributed by atoms with Crippen LogP contribution in [0, 0.1) is 0 Å². The summed E-state index contributed by atoms with van der Waals surface area (Å²) in [4.78, 5) is 17.6. The predicted octanol–water partition coefficient (Wildman–Crippen LogP) is 4.17. The summed E-state index contributed by atoms with van der Waals surface area (Å²) in [6.07, 6.45) is 6.68. The Labute approximate surface area is 164 Å². The van der Waals surface area contributed by atoms with Crippen molar-refractivity contribution in [3.63, 3.8) is 0 Å². The molecule has 0 aliphatic carbocycles. The van der Waals surface area contributed by atoms with Gasteiger partial charge in [0.1, 0.15) is 11.5 Å². The van der Waals surface area contributed by atoms with Gasteiger partial charge >= 0.3 is 0 Å². The number of amides is 1. The minimum absolute atomic E-state index is 0.105. The van der Waals surface area contributed by atoms with E-state index in [9.17, 15) is 4.79 Å². The van der Waals surface area contributed by atoms with Crippen molar-refractivity contribution in [1.82, 2.24) is 4.90 Å². The highest BCUT2D eigenvalue weighted by atomic mass is 32.2. The van der Waals surface area contributed by atoms with E-state index in [2.05, 4.69) is 11.8 Å². The summed E-state index contributed by atoms with van der Waals surface area (Å²) in [5.41, 5.74) is 0.614. The smallest absolute Gasteiger partial charge is 0.272 e. The zero-order valence-corrected chi connectivity index (χ0v) is 17.0. The van der Waals surface area contributed by atoms with E-state index in [1.807, 2.05) is 6.20 Å². The number of carbonyl (C=O) groups excluding carboxylic acids is 1. The zero-order valence-electron chi connectivity index (χ0n) is 15.4. The van der Waals surface area contributed by atoms with Gasteiger partial charge in [-0.15, -0.1) is 0 Å². The fourth-order valence-corrected chi connectivity index (χ4v) is 4.70. The first-order chi connectivity index (χ1) is 12.6. The second-order valence-corrected chi connectivity index (χ2v) is 8.01. The van der Waals surface area contributed by atoms with Gasteiger partial charge < -0.3 is 14.4 Å². The van der Waals surface area contributed by atoms with Gasteiger partial charge in [0.2, 0.25) is 0 Å². The van der Waals surface area contributed by atoms with Crippen LogP contribution in [0.4, 0.5) is 5.69 Å². The van der Waals surface area contributed by atoms with Crippen molar-refractivity contribution in [1.29, 1.82) is 0 Å². The van der Waals surface area contributed by atoms with E-state index in [4.69, 9.17) is 21.7 Å². The normalized spacial score (nSPS) is 22.3. The summed E-state index contributed by atoms with van der Waals surface area (Å²) in [5, 5.41) is 0. The number of hydrogen-bond donors (Lipinski definition) is 0. The largest absolute Gasteiger partial charge is 0.497 e. The molecule has 1 aromatic rings. The van der Waals surface area contributed by atoms with Crippen LogP contribution in [0.3, 0.4) is 0 Å². The molecule has 5 nitrogen and oxygen atoms in total. The van der Waals surface area contributed by atoms with Gasteiger partial charge in [-0.2, -0.15) is 0 Å². The van der Waals surface area contributed by atoms with Crippen molar-refractivity contribution in [2.75, 3.05) is 25.7 Å². The van der Waals surface area contributed by atoms with E-state index in [0.29, 0.717) is 32.5 Å². The molecule has 26 heavy (non-hydrogen) atoms. The molecule has 3 rings (SSSR count). The molecule has 2 aliphatic heterocycles. The molecule has 1 amide bonds. The second-order valence-electron chi connectivity index (χ2n) is 6.34. The first kappa shape index (κ1) is 19.0. The number of anilines is 1. The summed E-state index contributed by atoms with van der Waals surface area (Å²) in [6, 6.07) is 5.87. The first-order valence-corrected chi connectivity index (χ1v) is 10.1. The van der Waals surface area contributed by atoms with Crippen molar-refractivity contribution in [2.24, 2.45) is 0 Å². The van der Waals surface area contributed by atoms with Gasteiger partial charge in [0, 0.05) is 24.9 Å². The van der Waals surface area contributed by atoms with E-state index in [-0.39, 0.29) is 5.91 Å². The molecule has 0 radical (unpaired) electrons. The molecular formula is C19H24N2O3S2. The third-order valence-corrected chi connectivity index (χ3v) is 6.14. The van der Waals surface area contributed by atoms with Gasteiger partial charge in [-0.05, 0) is 37.8 Å². The Balaban J connectivity index is 1.91. The number of nitrogens with zero attached hydrogens (tertiary/aromatic N) is 2. The lowest BCUT2D eigenvalue weighted by molar-refractivity contribution is -0.113. The zero-order chi connectivity index (χ0) is 18.7. The maximum absolute atomic E-state index is 13.1. The van der Waals surface area contributed by atoms with Crippen LogP contribution < -0.4 is 14.4 Å². The molecule has 0 aromatic heterocycles. The van der Waals surface area contributed by atoms with Crippen molar-refractivity contribution >= 4 is 39.9 Å². The van der Waals surface area contributed by atoms with Crippen LogP contribution in [0.25, 0.3) is 0 Å². The van der Waals surface area contributed by atoms with E-state index >= 15 is 0 Å². The van der Waals surface area contributed by atoms with E-state index in [1.165, 1.54) is 29.5 Å². The Morgan fingerprint density at radius 2 is 2.12 bits per heavy atom. The lowest BCUT2D eigenvalue weighted by atomic mass is 10.0. The summed E-state index contributed by atoms with van der Waals surface area (Å²) in [5.74, 6) is 1.14. The summed E-state index contributed by atoms with van der Waals surface area (Å²) < 4.78 is 11.2. The van der Waals surface area contributed by atoms with E-state index in [1.54, 1.807) is 32.4 Å². The number of hydrogen-bond acceptors (Lipinski definition) is 6. The van der Waals surface area contributed by atoms with E-state index < -0.39 is 0 Å². The second kappa shape index (κ2) is 8.31. The molecule has 2 fully saturated rings. The molecule has 2 saturated heterocycles. The van der Waals surface area contributed by atoms with Crippen molar-refractivity contribution < 1.29 is 14.3 Å². The van der Waals surface area contributed by atoms with E-state index in [0.717, 1.165) is 19.4 Å². The number of carbonyl (C=O) groups is 1. The van der Waals surface area contributed by atoms with Crippen LogP contribution in [0.2, 0.25) is 0 Å². The SMILES string of the molecule is CC[C@H]1CCCCN1/C=C1/SC(=S)N(c2cc(OC)ccc2OC)C1=O. The monoisotopic (exact) mass is 392 g/mol. The maximum atomic E-state index is 13.1. The molecule has 140 valence electrons. The van der Waals surface area contributed by atoms with Crippen LogP contribution in [-0.2, 0) is 4.79 Å². The molecule has 0 unspecified atom stereocenters.